The number of phenolic OH excluding ortho intramolecular Hbond substituents is 1. The van der Waals surface area contributed by atoms with Crippen molar-refractivity contribution in [3.05, 3.63) is 93.5 Å². The minimum Gasteiger partial charge on any atom is -0.506 e. The van der Waals surface area contributed by atoms with Gasteiger partial charge >= 0.3 is 0 Å². The third-order valence-corrected chi connectivity index (χ3v) is 5.39. The van der Waals surface area contributed by atoms with E-state index < -0.39 is 0 Å². The van der Waals surface area contributed by atoms with Crippen LogP contribution in [0.15, 0.2) is 71.2 Å². The molecule has 0 unspecified atom stereocenters. The number of methoxy groups -OCH3 is 1. The number of ketones is 1. The number of nitrogens with one attached hydrogen (secondary N) is 1. The number of allylic oxidation sites excluding steroid dienone is 1. The summed E-state index contributed by atoms with van der Waals surface area (Å²) in [6.07, 6.45) is 3.02. The van der Waals surface area contributed by atoms with E-state index in [2.05, 4.69) is 21.2 Å². The summed E-state index contributed by atoms with van der Waals surface area (Å²) in [6.45, 7) is 2.07. The second kappa shape index (κ2) is 11.3. The number of benzene rings is 3. The van der Waals surface area contributed by atoms with Gasteiger partial charge in [-0.25, -0.2) is 0 Å². The molecule has 0 atom stereocenters. The van der Waals surface area contributed by atoms with Crippen LogP contribution in [0.5, 0.6) is 17.2 Å². The molecule has 3 aromatic carbocycles. The van der Waals surface area contributed by atoms with Crippen LogP contribution < -0.4 is 14.8 Å². The van der Waals surface area contributed by atoms with Crippen LogP contribution in [-0.4, -0.2) is 23.9 Å². The number of halogens is 1. The van der Waals surface area contributed by atoms with Gasteiger partial charge in [-0.1, -0.05) is 42.5 Å². The van der Waals surface area contributed by atoms with Crippen LogP contribution in [0.25, 0.3) is 6.08 Å². The first kappa shape index (κ1) is 24.1. The fourth-order valence-corrected chi connectivity index (χ4v) is 3.58. The first-order chi connectivity index (χ1) is 15.9. The maximum atomic E-state index is 12.8. The van der Waals surface area contributed by atoms with E-state index in [1.165, 1.54) is 13.0 Å². The van der Waals surface area contributed by atoms with E-state index in [0.29, 0.717) is 28.1 Å². The quantitative estimate of drug-likeness (QED) is 0.303. The van der Waals surface area contributed by atoms with Gasteiger partial charge in [0.05, 0.1) is 17.1 Å². The Morgan fingerprint density at radius 2 is 1.79 bits per heavy atom. The van der Waals surface area contributed by atoms with Crippen molar-refractivity contribution in [3.63, 3.8) is 0 Å². The molecular formula is C26H24BrNO5. The Kier molecular flexibility index (Phi) is 8.27. The molecule has 0 bridgehead atoms. The Hall–Kier alpha value is -3.58. The van der Waals surface area contributed by atoms with E-state index in [1.54, 1.807) is 37.5 Å². The van der Waals surface area contributed by atoms with Crippen LogP contribution in [0.3, 0.4) is 0 Å². The fourth-order valence-electron chi connectivity index (χ4n) is 3.08. The number of hydrogen-bond donors (Lipinski definition) is 2. The molecule has 0 aliphatic rings. The van der Waals surface area contributed by atoms with Gasteiger partial charge < -0.3 is 19.9 Å². The highest BCUT2D eigenvalue weighted by molar-refractivity contribution is 9.10. The molecule has 7 heteroatoms. The molecule has 0 aliphatic carbocycles. The van der Waals surface area contributed by atoms with Crippen LogP contribution in [0.1, 0.15) is 34.0 Å². The summed E-state index contributed by atoms with van der Waals surface area (Å²) >= 11 is 3.26. The summed E-state index contributed by atoms with van der Waals surface area (Å²) in [5, 5.41) is 13.0. The second-order valence-corrected chi connectivity index (χ2v) is 8.12. The SMILES string of the molecule is COc1cc(/C=C/C(=O)c2cc(CNC(C)=O)cc(Br)c2O)ccc1OCc1ccccc1. The van der Waals surface area contributed by atoms with Gasteiger partial charge in [0.15, 0.2) is 17.3 Å². The highest BCUT2D eigenvalue weighted by Gasteiger charge is 2.14. The Morgan fingerprint density at radius 1 is 1.03 bits per heavy atom. The van der Waals surface area contributed by atoms with Crippen molar-refractivity contribution in [2.45, 2.75) is 20.1 Å². The zero-order chi connectivity index (χ0) is 23.8. The Morgan fingerprint density at radius 3 is 2.48 bits per heavy atom. The van der Waals surface area contributed by atoms with E-state index in [9.17, 15) is 14.7 Å². The number of rotatable bonds is 9. The van der Waals surface area contributed by atoms with Gasteiger partial charge in [0.2, 0.25) is 5.91 Å². The average molecular weight is 510 g/mol. The number of phenols is 1. The topological polar surface area (TPSA) is 84.9 Å². The number of amides is 1. The molecule has 3 rings (SSSR count). The molecule has 170 valence electrons. The van der Waals surface area contributed by atoms with Crippen LogP contribution in [0.4, 0.5) is 0 Å². The van der Waals surface area contributed by atoms with E-state index in [4.69, 9.17) is 9.47 Å². The molecule has 1 amide bonds. The summed E-state index contributed by atoms with van der Waals surface area (Å²) in [5.41, 5.74) is 2.60. The van der Waals surface area contributed by atoms with E-state index in [0.717, 1.165) is 11.1 Å². The third kappa shape index (κ3) is 6.70. The van der Waals surface area contributed by atoms with Gasteiger partial charge in [0.25, 0.3) is 0 Å². The standard InChI is InChI=1S/C26H24BrNO5/c1-17(29)28-15-20-12-21(26(31)22(27)13-20)23(30)10-8-18-9-11-24(25(14-18)32-2)33-16-19-6-4-3-5-7-19/h3-14,31H,15-16H2,1-2H3,(H,28,29)/b10-8+. The Balaban J connectivity index is 1.74. The summed E-state index contributed by atoms with van der Waals surface area (Å²) in [4.78, 5) is 23.9. The number of carbonyl (C=O) groups is 2. The lowest BCUT2D eigenvalue weighted by Crippen LogP contribution is -2.19. The highest BCUT2D eigenvalue weighted by Crippen LogP contribution is 2.31. The Labute approximate surface area is 201 Å². The summed E-state index contributed by atoms with van der Waals surface area (Å²) in [6, 6.07) is 18.4. The van der Waals surface area contributed by atoms with Crippen molar-refractivity contribution in [2.75, 3.05) is 7.11 Å². The van der Waals surface area contributed by atoms with E-state index in [-0.39, 0.29) is 29.5 Å². The van der Waals surface area contributed by atoms with Crippen molar-refractivity contribution in [2.24, 2.45) is 0 Å². The normalized spacial score (nSPS) is 10.8. The first-order valence-electron chi connectivity index (χ1n) is 10.2. The lowest BCUT2D eigenvalue weighted by atomic mass is 10.0. The van der Waals surface area contributed by atoms with Gasteiger partial charge in [0.1, 0.15) is 12.4 Å². The van der Waals surface area contributed by atoms with Gasteiger partial charge in [-0.2, -0.15) is 0 Å². The average Bonchev–Trinajstić information content (AvgIpc) is 2.82. The number of carbonyl (C=O) groups excluding carboxylic acids is 2. The lowest BCUT2D eigenvalue weighted by Gasteiger charge is -2.11. The minimum absolute atomic E-state index is 0.135. The van der Waals surface area contributed by atoms with Gasteiger partial charge in [-0.15, -0.1) is 0 Å². The second-order valence-electron chi connectivity index (χ2n) is 7.27. The number of aromatic hydroxyl groups is 1. The first-order valence-corrected chi connectivity index (χ1v) is 11.0. The molecule has 2 N–H and O–H groups in total. The Bertz CT molecular complexity index is 1170. The molecule has 6 nitrogen and oxygen atoms in total. The molecule has 0 saturated carbocycles. The number of hydrogen-bond acceptors (Lipinski definition) is 5. The van der Waals surface area contributed by atoms with Crippen molar-refractivity contribution >= 4 is 33.7 Å². The smallest absolute Gasteiger partial charge is 0.217 e. The van der Waals surface area contributed by atoms with Gasteiger partial charge in [-0.3, -0.25) is 9.59 Å². The summed E-state index contributed by atoms with van der Waals surface area (Å²) in [7, 11) is 1.56. The summed E-state index contributed by atoms with van der Waals surface area (Å²) in [5.74, 6) is 0.428. The molecule has 0 heterocycles. The van der Waals surface area contributed by atoms with Crippen LogP contribution in [0.2, 0.25) is 0 Å². The fraction of sp³-hybridized carbons (Fsp3) is 0.154. The van der Waals surface area contributed by atoms with Crippen molar-refractivity contribution in [1.29, 1.82) is 0 Å². The van der Waals surface area contributed by atoms with Crippen LogP contribution in [0, 0.1) is 0 Å². The zero-order valence-corrected chi connectivity index (χ0v) is 19.9. The van der Waals surface area contributed by atoms with Crippen LogP contribution >= 0.6 is 15.9 Å². The maximum Gasteiger partial charge on any atom is 0.217 e. The van der Waals surface area contributed by atoms with E-state index in [1.807, 2.05) is 36.4 Å². The summed E-state index contributed by atoms with van der Waals surface area (Å²) < 4.78 is 11.7. The molecule has 33 heavy (non-hydrogen) atoms. The lowest BCUT2D eigenvalue weighted by molar-refractivity contribution is -0.119. The molecule has 3 aromatic rings. The predicted octanol–water partition coefficient (Wildman–Crippen LogP) is 5.27. The molecule has 0 fully saturated rings. The minimum atomic E-state index is -0.374. The molecule has 0 spiro atoms. The third-order valence-electron chi connectivity index (χ3n) is 4.78. The largest absolute Gasteiger partial charge is 0.506 e. The molecule has 0 saturated heterocycles. The van der Waals surface area contributed by atoms with Crippen LogP contribution in [-0.2, 0) is 17.9 Å². The molecule has 0 radical (unpaired) electrons. The van der Waals surface area contributed by atoms with Gasteiger partial charge in [0, 0.05) is 13.5 Å². The molecular weight excluding hydrogens is 486 g/mol. The zero-order valence-electron chi connectivity index (χ0n) is 18.3. The predicted molar refractivity (Wildman–Crippen MR) is 130 cm³/mol. The van der Waals surface area contributed by atoms with Gasteiger partial charge in [-0.05, 0) is 63.0 Å². The van der Waals surface area contributed by atoms with Crippen molar-refractivity contribution < 1.29 is 24.2 Å². The molecule has 0 aliphatic heterocycles. The monoisotopic (exact) mass is 509 g/mol. The molecule has 0 aromatic heterocycles. The van der Waals surface area contributed by atoms with E-state index >= 15 is 0 Å². The van der Waals surface area contributed by atoms with Crippen molar-refractivity contribution in [1.82, 2.24) is 5.32 Å². The highest BCUT2D eigenvalue weighted by atomic mass is 79.9. The number of ether oxygens (including phenoxy) is 2. The maximum absolute atomic E-state index is 12.8. The van der Waals surface area contributed by atoms with Crippen molar-refractivity contribution in [3.8, 4) is 17.2 Å².